The second-order valence-corrected chi connectivity index (χ2v) is 6.60. The minimum absolute atomic E-state index is 0.110. The quantitative estimate of drug-likeness (QED) is 0.832. The summed E-state index contributed by atoms with van der Waals surface area (Å²) in [5, 5.41) is 4.47. The van der Waals surface area contributed by atoms with Crippen LogP contribution in [0.15, 0.2) is 29.4 Å². The lowest BCUT2D eigenvalue weighted by molar-refractivity contribution is 0.0953. The number of rotatable bonds is 3. The van der Waals surface area contributed by atoms with Crippen molar-refractivity contribution in [3.05, 3.63) is 35.4 Å². The molecule has 114 valence electrons. The van der Waals surface area contributed by atoms with Gasteiger partial charge in [-0.15, -0.1) is 0 Å². The SMILES string of the molecule is Cc1ccccc1C(=O)N/N=C1/C[C@H](C)CC[C@@H]1C(C)C. The molecule has 0 radical (unpaired) electrons. The molecule has 1 aromatic carbocycles. The van der Waals surface area contributed by atoms with Gasteiger partial charge in [-0.2, -0.15) is 5.10 Å². The van der Waals surface area contributed by atoms with Gasteiger partial charge in [0.25, 0.3) is 5.91 Å². The molecule has 0 aromatic heterocycles. The number of carbonyl (C=O) groups is 1. The van der Waals surface area contributed by atoms with Crippen molar-refractivity contribution in [2.75, 3.05) is 0 Å². The highest BCUT2D eigenvalue weighted by Crippen LogP contribution is 2.31. The van der Waals surface area contributed by atoms with Crippen LogP contribution in [0.4, 0.5) is 0 Å². The molecule has 0 saturated heterocycles. The third-order valence-electron chi connectivity index (χ3n) is 4.45. The van der Waals surface area contributed by atoms with Crippen LogP contribution in [-0.2, 0) is 0 Å². The summed E-state index contributed by atoms with van der Waals surface area (Å²) in [6.45, 7) is 8.68. The van der Waals surface area contributed by atoms with Crippen molar-refractivity contribution in [1.82, 2.24) is 5.43 Å². The van der Waals surface area contributed by atoms with E-state index in [-0.39, 0.29) is 5.91 Å². The van der Waals surface area contributed by atoms with Crippen LogP contribution in [0.5, 0.6) is 0 Å². The topological polar surface area (TPSA) is 41.5 Å². The molecule has 0 unspecified atom stereocenters. The molecule has 0 bridgehead atoms. The van der Waals surface area contributed by atoms with Crippen molar-refractivity contribution in [2.45, 2.75) is 47.0 Å². The van der Waals surface area contributed by atoms with Crippen LogP contribution in [0.2, 0.25) is 0 Å². The molecule has 0 heterocycles. The average molecular weight is 286 g/mol. The molecule has 1 amide bonds. The Bertz CT molecular complexity index is 534. The fraction of sp³-hybridized carbons (Fsp3) is 0.556. The normalized spacial score (nSPS) is 24.3. The molecule has 1 saturated carbocycles. The van der Waals surface area contributed by atoms with Crippen molar-refractivity contribution >= 4 is 11.6 Å². The van der Waals surface area contributed by atoms with E-state index in [4.69, 9.17) is 0 Å². The zero-order valence-electron chi connectivity index (χ0n) is 13.5. The Labute approximate surface area is 127 Å². The Morgan fingerprint density at radius 2 is 2.00 bits per heavy atom. The van der Waals surface area contributed by atoms with Crippen LogP contribution in [0, 0.1) is 24.7 Å². The molecule has 1 fully saturated rings. The molecule has 0 spiro atoms. The van der Waals surface area contributed by atoms with Gasteiger partial charge in [0, 0.05) is 17.2 Å². The summed E-state index contributed by atoms with van der Waals surface area (Å²) in [6.07, 6.45) is 3.43. The highest BCUT2D eigenvalue weighted by atomic mass is 16.2. The molecule has 3 nitrogen and oxygen atoms in total. The predicted octanol–water partition coefficient (Wildman–Crippen LogP) is 4.17. The lowest BCUT2D eigenvalue weighted by atomic mass is 9.76. The van der Waals surface area contributed by atoms with Crippen LogP contribution in [-0.4, -0.2) is 11.6 Å². The standard InChI is InChI=1S/C18H26N2O/c1-12(2)15-10-9-13(3)11-17(15)19-20-18(21)16-8-6-5-7-14(16)4/h5-8,12-13,15H,9-11H2,1-4H3,(H,20,21)/b19-17-/t13-,15-/m1/s1. The van der Waals surface area contributed by atoms with Crippen molar-refractivity contribution in [3.63, 3.8) is 0 Å². The number of carbonyl (C=O) groups excluding carboxylic acids is 1. The summed E-state index contributed by atoms with van der Waals surface area (Å²) in [5.74, 6) is 1.63. The highest BCUT2D eigenvalue weighted by Gasteiger charge is 2.27. The van der Waals surface area contributed by atoms with E-state index < -0.39 is 0 Å². The summed E-state index contributed by atoms with van der Waals surface area (Å²) in [4.78, 5) is 12.2. The predicted molar refractivity (Wildman–Crippen MR) is 87.4 cm³/mol. The van der Waals surface area contributed by atoms with Gasteiger partial charge in [-0.05, 0) is 49.7 Å². The number of amides is 1. The van der Waals surface area contributed by atoms with Gasteiger partial charge < -0.3 is 0 Å². The van der Waals surface area contributed by atoms with Gasteiger partial charge in [-0.1, -0.05) is 39.0 Å². The number of nitrogens with one attached hydrogen (secondary N) is 1. The molecule has 1 aliphatic rings. The summed E-state index contributed by atoms with van der Waals surface area (Å²) in [5.41, 5.74) is 5.60. The number of aryl methyl sites for hydroxylation is 1. The second kappa shape index (κ2) is 6.88. The Hall–Kier alpha value is -1.64. The molecule has 0 aliphatic heterocycles. The molecule has 1 N–H and O–H groups in total. The van der Waals surface area contributed by atoms with E-state index in [0.717, 1.165) is 17.7 Å². The minimum Gasteiger partial charge on any atom is -0.267 e. The number of benzene rings is 1. The average Bonchev–Trinajstić information content (AvgIpc) is 2.45. The summed E-state index contributed by atoms with van der Waals surface area (Å²) in [7, 11) is 0. The largest absolute Gasteiger partial charge is 0.271 e. The lowest BCUT2D eigenvalue weighted by Crippen LogP contribution is -2.31. The van der Waals surface area contributed by atoms with Gasteiger partial charge in [0.2, 0.25) is 0 Å². The number of hydrazone groups is 1. The monoisotopic (exact) mass is 286 g/mol. The van der Waals surface area contributed by atoms with Crippen molar-refractivity contribution < 1.29 is 4.79 Å². The van der Waals surface area contributed by atoms with Crippen LogP contribution in [0.3, 0.4) is 0 Å². The van der Waals surface area contributed by atoms with Crippen molar-refractivity contribution in [3.8, 4) is 0 Å². The number of nitrogens with zero attached hydrogens (tertiary/aromatic N) is 1. The first kappa shape index (κ1) is 15.7. The Balaban J connectivity index is 2.11. The lowest BCUT2D eigenvalue weighted by Gasteiger charge is -2.30. The van der Waals surface area contributed by atoms with Crippen molar-refractivity contribution in [2.24, 2.45) is 22.9 Å². The van der Waals surface area contributed by atoms with E-state index in [1.165, 1.54) is 12.8 Å². The Morgan fingerprint density at radius 1 is 1.29 bits per heavy atom. The highest BCUT2D eigenvalue weighted by molar-refractivity contribution is 5.97. The van der Waals surface area contributed by atoms with Crippen LogP contribution >= 0.6 is 0 Å². The number of hydrogen-bond acceptors (Lipinski definition) is 2. The summed E-state index contributed by atoms with van der Waals surface area (Å²) < 4.78 is 0. The third-order valence-corrected chi connectivity index (χ3v) is 4.45. The minimum atomic E-state index is -0.110. The molecular formula is C18H26N2O. The molecule has 1 aromatic rings. The first-order valence-corrected chi connectivity index (χ1v) is 7.91. The van der Waals surface area contributed by atoms with E-state index >= 15 is 0 Å². The molecule has 3 heteroatoms. The first-order chi connectivity index (χ1) is 9.99. The Morgan fingerprint density at radius 3 is 2.67 bits per heavy atom. The smallest absolute Gasteiger partial charge is 0.267 e. The van der Waals surface area contributed by atoms with Crippen molar-refractivity contribution in [1.29, 1.82) is 0 Å². The number of hydrogen-bond donors (Lipinski definition) is 1. The molecular weight excluding hydrogens is 260 g/mol. The maximum atomic E-state index is 12.2. The van der Waals surface area contributed by atoms with E-state index in [1.54, 1.807) is 0 Å². The van der Waals surface area contributed by atoms with E-state index in [0.29, 0.717) is 23.3 Å². The van der Waals surface area contributed by atoms with E-state index in [9.17, 15) is 4.79 Å². The fourth-order valence-electron chi connectivity index (χ4n) is 3.10. The van der Waals surface area contributed by atoms with Gasteiger partial charge >= 0.3 is 0 Å². The summed E-state index contributed by atoms with van der Waals surface area (Å²) in [6, 6.07) is 7.61. The zero-order valence-corrected chi connectivity index (χ0v) is 13.5. The van der Waals surface area contributed by atoms with Gasteiger partial charge in [0.1, 0.15) is 0 Å². The van der Waals surface area contributed by atoms with Gasteiger partial charge in [0.05, 0.1) is 0 Å². The molecule has 21 heavy (non-hydrogen) atoms. The molecule has 1 aliphatic carbocycles. The van der Waals surface area contributed by atoms with Gasteiger partial charge in [0.15, 0.2) is 0 Å². The van der Waals surface area contributed by atoms with Crippen LogP contribution in [0.25, 0.3) is 0 Å². The molecule has 2 rings (SSSR count). The zero-order chi connectivity index (χ0) is 15.4. The fourth-order valence-corrected chi connectivity index (χ4v) is 3.10. The first-order valence-electron chi connectivity index (χ1n) is 7.91. The Kier molecular flexibility index (Phi) is 5.16. The summed E-state index contributed by atoms with van der Waals surface area (Å²) >= 11 is 0. The maximum absolute atomic E-state index is 12.2. The van der Waals surface area contributed by atoms with E-state index in [2.05, 4.69) is 31.3 Å². The van der Waals surface area contributed by atoms with E-state index in [1.807, 2.05) is 31.2 Å². The maximum Gasteiger partial charge on any atom is 0.271 e. The van der Waals surface area contributed by atoms with Gasteiger partial charge in [-0.3, -0.25) is 4.79 Å². The van der Waals surface area contributed by atoms with Crippen LogP contribution in [0.1, 0.15) is 56.0 Å². The van der Waals surface area contributed by atoms with Crippen LogP contribution < -0.4 is 5.43 Å². The van der Waals surface area contributed by atoms with Gasteiger partial charge in [-0.25, -0.2) is 5.43 Å². The molecule has 2 atom stereocenters. The third kappa shape index (κ3) is 3.93. The second-order valence-electron chi connectivity index (χ2n) is 6.60.